The van der Waals surface area contributed by atoms with Gasteiger partial charge in [0.05, 0.1) is 11.5 Å². The number of carbonyl (C=O) groups excluding carboxylic acids is 2. The third-order valence-electron chi connectivity index (χ3n) is 3.90. The number of nitrogens with zero attached hydrogens (tertiary/aromatic N) is 3. The molecule has 1 fully saturated rings. The first-order valence-corrected chi connectivity index (χ1v) is 11.2. The molecule has 6 nitrogen and oxygen atoms in total. The van der Waals surface area contributed by atoms with Gasteiger partial charge in [0, 0.05) is 13.1 Å². The fourth-order valence-electron chi connectivity index (χ4n) is 2.60. The summed E-state index contributed by atoms with van der Waals surface area (Å²) in [4.78, 5) is 26.0. The summed E-state index contributed by atoms with van der Waals surface area (Å²) in [7, 11) is 1.88. The molecule has 2 amide bonds. The first-order valence-electron chi connectivity index (χ1n) is 8.19. The molecular weight excluding hydrogens is 364 g/mol. The van der Waals surface area contributed by atoms with Gasteiger partial charge in [-0.25, -0.2) is 0 Å². The number of hydrogen-bond donors (Lipinski definition) is 1. The van der Waals surface area contributed by atoms with E-state index in [2.05, 4.69) is 15.5 Å². The van der Waals surface area contributed by atoms with Gasteiger partial charge in [0.15, 0.2) is 4.34 Å². The predicted octanol–water partition coefficient (Wildman–Crippen LogP) is 3.11. The van der Waals surface area contributed by atoms with Gasteiger partial charge in [-0.3, -0.25) is 14.9 Å². The van der Waals surface area contributed by atoms with Crippen LogP contribution in [0, 0.1) is 0 Å². The van der Waals surface area contributed by atoms with Crippen molar-refractivity contribution in [2.45, 2.75) is 49.4 Å². The molecule has 1 heterocycles. The van der Waals surface area contributed by atoms with Crippen molar-refractivity contribution in [1.82, 2.24) is 15.1 Å². The lowest BCUT2D eigenvalue weighted by molar-refractivity contribution is -0.129. The maximum absolute atomic E-state index is 12.2. The van der Waals surface area contributed by atoms with E-state index in [4.69, 9.17) is 0 Å². The third kappa shape index (κ3) is 6.25. The molecule has 1 saturated carbocycles. The van der Waals surface area contributed by atoms with E-state index >= 15 is 0 Å². The fraction of sp³-hybridized carbons (Fsp3) is 0.733. The van der Waals surface area contributed by atoms with E-state index in [0.29, 0.717) is 16.9 Å². The molecule has 0 unspecified atom stereocenters. The van der Waals surface area contributed by atoms with Crippen molar-refractivity contribution < 1.29 is 9.59 Å². The minimum Gasteiger partial charge on any atom is -0.342 e. The van der Waals surface area contributed by atoms with Crippen molar-refractivity contribution in [2.75, 3.05) is 29.6 Å². The summed E-state index contributed by atoms with van der Waals surface area (Å²) < 4.78 is 0.852. The Morgan fingerprint density at radius 3 is 2.71 bits per heavy atom. The minimum absolute atomic E-state index is 0.109. The predicted molar refractivity (Wildman–Crippen MR) is 102 cm³/mol. The average Bonchev–Trinajstić information content (AvgIpc) is 3.02. The van der Waals surface area contributed by atoms with E-state index in [1.807, 2.05) is 18.9 Å². The summed E-state index contributed by atoms with van der Waals surface area (Å²) in [5.74, 6) is 1.48. The number of aromatic nitrogens is 2. The van der Waals surface area contributed by atoms with Crippen molar-refractivity contribution in [3.05, 3.63) is 0 Å². The minimum atomic E-state index is -0.141. The molecule has 9 heteroatoms. The number of amides is 2. The Morgan fingerprint density at radius 2 is 2.00 bits per heavy atom. The number of anilines is 1. The summed E-state index contributed by atoms with van der Waals surface area (Å²) in [6.07, 6.45) is 5.89. The monoisotopic (exact) mass is 388 g/mol. The third-order valence-corrected chi connectivity index (χ3v) is 6.67. The van der Waals surface area contributed by atoms with Crippen molar-refractivity contribution >= 4 is 51.8 Å². The quantitative estimate of drug-likeness (QED) is 0.545. The summed E-state index contributed by atoms with van der Waals surface area (Å²) in [5, 5.41) is 11.2. The summed E-state index contributed by atoms with van der Waals surface area (Å²) >= 11 is 4.32. The van der Waals surface area contributed by atoms with E-state index in [-0.39, 0.29) is 17.6 Å². The highest BCUT2D eigenvalue weighted by Crippen LogP contribution is 2.25. The Balaban J connectivity index is 1.66. The van der Waals surface area contributed by atoms with Gasteiger partial charge in [-0.1, -0.05) is 49.3 Å². The Bertz CT molecular complexity index is 547. The lowest BCUT2D eigenvalue weighted by atomic mass is 9.94. The molecule has 1 aliphatic rings. The first kappa shape index (κ1) is 19.5. The van der Waals surface area contributed by atoms with Gasteiger partial charge in [0.1, 0.15) is 0 Å². The van der Waals surface area contributed by atoms with Gasteiger partial charge in [-0.05, 0) is 18.6 Å². The van der Waals surface area contributed by atoms with Crippen LogP contribution in [0.2, 0.25) is 0 Å². The first-order chi connectivity index (χ1) is 11.6. The van der Waals surface area contributed by atoms with Crippen LogP contribution in [0.3, 0.4) is 0 Å². The van der Waals surface area contributed by atoms with E-state index in [1.54, 1.807) is 11.8 Å². The molecule has 0 atom stereocenters. The molecule has 0 saturated heterocycles. The van der Waals surface area contributed by atoms with E-state index < -0.39 is 0 Å². The molecule has 0 aliphatic heterocycles. The molecule has 24 heavy (non-hydrogen) atoms. The molecule has 134 valence electrons. The molecule has 0 spiro atoms. The van der Waals surface area contributed by atoms with Crippen LogP contribution >= 0.6 is 34.9 Å². The highest BCUT2D eigenvalue weighted by atomic mass is 32.2. The maximum atomic E-state index is 12.2. The second-order valence-corrected chi connectivity index (χ2v) is 9.12. The largest absolute Gasteiger partial charge is 0.342 e. The van der Waals surface area contributed by atoms with Crippen LogP contribution < -0.4 is 5.32 Å². The Kier molecular flexibility index (Phi) is 8.34. The molecule has 0 radical (unpaired) electrons. The van der Waals surface area contributed by atoms with Crippen LogP contribution in [0.1, 0.15) is 39.0 Å². The number of nitrogens with one attached hydrogen (secondary N) is 1. The standard InChI is InChI=1S/C15H24N4O2S3/c1-3-23-15-18-17-14(24-15)16-12(20)9-22-10-13(21)19(2)11-7-5-4-6-8-11/h11H,3-10H2,1-2H3,(H,16,17,20). The van der Waals surface area contributed by atoms with Crippen LogP contribution in [0.5, 0.6) is 0 Å². The smallest absolute Gasteiger partial charge is 0.236 e. The zero-order valence-electron chi connectivity index (χ0n) is 14.1. The zero-order chi connectivity index (χ0) is 17.4. The van der Waals surface area contributed by atoms with Crippen LogP contribution in [0.4, 0.5) is 5.13 Å². The number of rotatable bonds is 8. The molecule has 0 aromatic carbocycles. The van der Waals surface area contributed by atoms with E-state index in [9.17, 15) is 9.59 Å². The molecule has 1 N–H and O–H groups in total. The molecule has 1 aromatic rings. The fourth-order valence-corrected chi connectivity index (χ4v) is 5.01. The number of thioether (sulfide) groups is 2. The average molecular weight is 389 g/mol. The molecule has 1 aliphatic carbocycles. The summed E-state index contributed by atoms with van der Waals surface area (Å²) in [5.41, 5.74) is 0. The summed E-state index contributed by atoms with van der Waals surface area (Å²) in [6.45, 7) is 2.04. The van der Waals surface area contributed by atoms with Gasteiger partial charge in [-0.2, -0.15) is 0 Å². The second-order valence-electron chi connectivity index (χ2n) is 5.64. The number of hydrogen-bond acceptors (Lipinski definition) is 7. The zero-order valence-corrected chi connectivity index (χ0v) is 16.6. The van der Waals surface area contributed by atoms with Crippen LogP contribution in [-0.4, -0.2) is 57.3 Å². The number of carbonyl (C=O) groups is 2. The van der Waals surface area contributed by atoms with Gasteiger partial charge in [0.25, 0.3) is 0 Å². The van der Waals surface area contributed by atoms with Gasteiger partial charge < -0.3 is 4.90 Å². The van der Waals surface area contributed by atoms with E-state index in [1.165, 1.54) is 42.4 Å². The molecule has 1 aromatic heterocycles. The molecular formula is C15H24N4O2S3. The Hall–Kier alpha value is -0.800. The van der Waals surface area contributed by atoms with Crippen molar-refractivity contribution in [3.8, 4) is 0 Å². The second kappa shape index (κ2) is 10.2. The topological polar surface area (TPSA) is 75.2 Å². The highest BCUT2D eigenvalue weighted by Gasteiger charge is 2.22. The molecule has 2 rings (SSSR count). The van der Waals surface area contributed by atoms with Crippen molar-refractivity contribution in [1.29, 1.82) is 0 Å². The summed E-state index contributed by atoms with van der Waals surface area (Å²) in [6, 6.07) is 0.372. The SMILES string of the molecule is CCSc1nnc(NC(=O)CSCC(=O)N(C)C2CCCCC2)s1. The van der Waals surface area contributed by atoms with E-state index in [0.717, 1.165) is 22.9 Å². The lowest BCUT2D eigenvalue weighted by Gasteiger charge is -2.31. The maximum Gasteiger partial charge on any atom is 0.236 e. The van der Waals surface area contributed by atoms with Gasteiger partial charge in [0.2, 0.25) is 16.9 Å². The van der Waals surface area contributed by atoms with Crippen LogP contribution in [0.25, 0.3) is 0 Å². The highest BCUT2D eigenvalue weighted by molar-refractivity contribution is 8.01. The van der Waals surface area contributed by atoms with Crippen LogP contribution in [-0.2, 0) is 9.59 Å². The van der Waals surface area contributed by atoms with Crippen molar-refractivity contribution in [3.63, 3.8) is 0 Å². The Morgan fingerprint density at radius 1 is 1.25 bits per heavy atom. The van der Waals surface area contributed by atoms with Crippen LogP contribution in [0.15, 0.2) is 4.34 Å². The van der Waals surface area contributed by atoms with Gasteiger partial charge >= 0.3 is 0 Å². The normalized spacial score (nSPS) is 15.2. The Labute approximate surface area is 155 Å². The lowest BCUT2D eigenvalue weighted by Crippen LogP contribution is -2.39. The molecule has 0 bridgehead atoms. The van der Waals surface area contributed by atoms with Crippen molar-refractivity contribution in [2.24, 2.45) is 0 Å². The van der Waals surface area contributed by atoms with Gasteiger partial charge in [-0.15, -0.1) is 22.0 Å².